The molecule has 0 unspecified atom stereocenters. The molecule has 2 bridgehead atoms. The van der Waals surface area contributed by atoms with Gasteiger partial charge in [0.2, 0.25) is 5.60 Å². The Morgan fingerprint density at radius 1 is 1.19 bits per heavy atom. The summed E-state index contributed by atoms with van der Waals surface area (Å²) in [6.45, 7) is 4.51. The molecule has 26 heavy (non-hydrogen) atoms. The van der Waals surface area contributed by atoms with Crippen molar-refractivity contribution in [3.8, 4) is 0 Å². The minimum absolute atomic E-state index is 0.0923. The summed E-state index contributed by atoms with van der Waals surface area (Å²) in [6, 6.07) is -0.0923. The van der Waals surface area contributed by atoms with Crippen LogP contribution in [-0.2, 0) is 23.9 Å². The van der Waals surface area contributed by atoms with Crippen molar-refractivity contribution in [1.82, 2.24) is 9.80 Å². The van der Waals surface area contributed by atoms with Crippen LogP contribution in [0.25, 0.3) is 0 Å². The first kappa shape index (κ1) is 17.5. The minimum atomic E-state index is -1.16. The number of allylic oxidation sites excluding steroid dienone is 1. The van der Waals surface area contributed by atoms with Crippen LogP contribution in [-0.4, -0.2) is 58.6 Å². The molecule has 0 radical (unpaired) electrons. The van der Waals surface area contributed by atoms with E-state index < -0.39 is 23.8 Å². The number of carbonyl (C=O) groups excluding carboxylic acids is 3. The maximum Gasteiger partial charge on any atom is 0.304 e. The third-order valence-corrected chi connectivity index (χ3v) is 6.12. The van der Waals surface area contributed by atoms with E-state index in [0.29, 0.717) is 12.8 Å². The lowest BCUT2D eigenvalue weighted by atomic mass is 9.69. The zero-order valence-corrected chi connectivity index (χ0v) is 15.4. The van der Waals surface area contributed by atoms with Gasteiger partial charge in [-0.25, -0.2) is 0 Å². The van der Waals surface area contributed by atoms with Crippen molar-refractivity contribution in [1.29, 1.82) is 0 Å². The van der Waals surface area contributed by atoms with E-state index in [1.165, 1.54) is 13.8 Å². The van der Waals surface area contributed by atoms with Gasteiger partial charge in [0.25, 0.3) is 5.91 Å². The van der Waals surface area contributed by atoms with Gasteiger partial charge in [0.05, 0.1) is 6.04 Å². The van der Waals surface area contributed by atoms with Crippen LogP contribution in [0.2, 0.25) is 0 Å². The third-order valence-electron chi connectivity index (χ3n) is 6.12. The van der Waals surface area contributed by atoms with Gasteiger partial charge in [-0.1, -0.05) is 12.5 Å². The monoisotopic (exact) mass is 362 g/mol. The Bertz CT molecular complexity index is 675. The Morgan fingerprint density at radius 3 is 2.73 bits per heavy atom. The largest absolute Gasteiger partial charge is 0.447 e. The molecule has 3 saturated heterocycles. The Morgan fingerprint density at radius 2 is 2.00 bits per heavy atom. The van der Waals surface area contributed by atoms with Crippen LogP contribution in [0.3, 0.4) is 0 Å². The highest BCUT2D eigenvalue weighted by Crippen LogP contribution is 2.49. The third kappa shape index (κ3) is 2.64. The van der Waals surface area contributed by atoms with Crippen LogP contribution in [0.1, 0.15) is 52.4 Å². The number of esters is 2. The maximum absolute atomic E-state index is 13.7. The van der Waals surface area contributed by atoms with Crippen molar-refractivity contribution in [3.63, 3.8) is 0 Å². The summed E-state index contributed by atoms with van der Waals surface area (Å²) in [4.78, 5) is 41.1. The Hall–Kier alpha value is -1.89. The van der Waals surface area contributed by atoms with Crippen molar-refractivity contribution in [2.24, 2.45) is 5.92 Å². The van der Waals surface area contributed by atoms with Crippen LogP contribution in [0, 0.1) is 5.92 Å². The molecule has 0 aromatic carbocycles. The number of carbonyl (C=O) groups is 3. The van der Waals surface area contributed by atoms with E-state index in [1.807, 2.05) is 0 Å². The standard InChI is InChI=1S/C19H26N2O5/c1-12(22)25-17-8-5-6-15-14-10-19(26-13(2)23,18(24)21(15)17)16-7-3-4-9-20(16)11-14/h6,14,16-17H,3-5,7-11H2,1-2H3/t14-,16-,17+,19-/m1/s1. The van der Waals surface area contributed by atoms with Crippen molar-refractivity contribution in [3.05, 3.63) is 11.8 Å². The molecular formula is C19H26N2O5. The van der Waals surface area contributed by atoms with E-state index in [0.717, 1.165) is 44.5 Å². The number of ether oxygens (including phenoxy) is 2. The fraction of sp³-hybridized carbons (Fsp3) is 0.737. The number of fused-ring (bicyclic) bond motifs is 6. The van der Waals surface area contributed by atoms with E-state index >= 15 is 0 Å². The number of nitrogens with zero attached hydrogens (tertiary/aromatic N) is 2. The average molecular weight is 362 g/mol. The van der Waals surface area contributed by atoms with Gasteiger partial charge in [-0.3, -0.25) is 24.2 Å². The highest BCUT2D eigenvalue weighted by Gasteiger charge is 2.63. The molecule has 4 atom stereocenters. The van der Waals surface area contributed by atoms with E-state index in [2.05, 4.69) is 11.0 Å². The van der Waals surface area contributed by atoms with E-state index in [1.54, 1.807) is 4.90 Å². The molecule has 0 aromatic rings. The highest BCUT2D eigenvalue weighted by molar-refractivity contribution is 5.92. The number of piperidine rings is 3. The topological polar surface area (TPSA) is 76.1 Å². The lowest BCUT2D eigenvalue weighted by Gasteiger charge is -2.59. The molecule has 0 N–H and O–H groups in total. The predicted molar refractivity (Wildman–Crippen MR) is 91.5 cm³/mol. The van der Waals surface area contributed by atoms with Crippen molar-refractivity contribution in [2.45, 2.75) is 70.2 Å². The maximum atomic E-state index is 13.7. The fourth-order valence-corrected chi connectivity index (χ4v) is 5.31. The van der Waals surface area contributed by atoms with E-state index in [9.17, 15) is 14.4 Å². The first-order valence-electron chi connectivity index (χ1n) is 9.57. The van der Waals surface area contributed by atoms with Crippen molar-refractivity contribution >= 4 is 17.8 Å². The average Bonchev–Trinajstić information content (AvgIpc) is 2.59. The molecule has 4 aliphatic rings. The van der Waals surface area contributed by atoms with Gasteiger partial charge in [-0.15, -0.1) is 0 Å². The molecule has 142 valence electrons. The van der Waals surface area contributed by atoms with E-state index in [-0.39, 0.29) is 17.9 Å². The molecule has 4 aliphatic heterocycles. The van der Waals surface area contributed by atoms with Gasteiger partial charge >= 0.3 is 11.9 Å². The lowest BCUT2D eigenvalue weighted by molar-refractivity contribution is -0.209. The molecule has 7 nitrogen and oxygen atoms in total. The fourth-order valence-electron chi connectivity index (χ4n) is 5.31. The summed E-state index contributed by atoms with van der Waals surface area (Å²) < 4.78 is 11.2. The summed E-state index contributed by atoms with van der Waals surface area (Å²) in [7, 11) is 0. The Labute approximate surface area is 153 Å². The second-order valence-electron chi connectivity index (χ2n) is 7.84. The summed E-state index contributed by atoms with van der Waals surface area (Å²) >= 11 is 0. The SMILES string of the molecule is CC(=O)O[C@H]1CCC=C2[C@H]3CN4CCCC[C@@H]4[C@](OC(C)=O)(C3)C(=O)N21. The van der Waals surface area contributed by atoms with Crippen LogP contribution in [0.4, 0.5) is 0 Å². The number of hydrogen-bond acceptors (Lipinski definition) is 6. The van der Waals surface area contributed by atoms with Gasteiger partial charge in [-0.2, -0.15) is 0 Å². The first-order valence-corrected chi connectivity index (χ1v) is 9.57. The molecule has 0 spiro atoms. The zero-order valence-electron chi connectivity index (χ0n) is 15.4. The van der Waals surface area contributed by atoms with E-state index in [4.69, 9.17) is 9.47 Å². The number of amides is 1. The summed E-state index contributed by atoms with van der Waals surface area (Å²) in [5.74, 6) is -0.948. The predicted octanol–water partition coefficient (Wildman–Crippen LogP) is 1.57. The quantitative estimate of drug-likeness (QED) is 0.694. The molecule has 1 amide bonds. The van der Waals surface area contributed by atoms with Crippen LogP contribution < -0.4 is 0 Å². The van der Waals surface area contributed by atoms with Gasteiger partial charge in [-0.05, 0) is 25.8 Å². The van der Waals surface area contributed by atoms with Gasteiger partial charge < -0.3 is 9.47 Å². The number of rotatable bonds is 2. The smallest absolute Gasteiger partial charge is 0.304 e. The Kier molecular flexibility index (Phi) is 4.29. The van der Waals surface area contributed by atoms with Gasteiger partial charge in [0.15, 0.2) is 6.23 Å². The highest BCUT2D eigenvalue weighted by atomic mass is 16.6. The zero-order chi connectivity index (χ0) is 18.5. The van der Waals surface area contributed by atoms with Crippen molar-refractivity contribution in [2.75, 3.05) is 13.1 Å². The van der Waals surface area contributed by atoms with Crippen LogP contribution in [0.5, 0.6) is 0 Å². The molecule has 0 aromatic heterocycles. The molecular weight excluding hydrogens is 336 g/mol. The molecule has 0 aliphatic carbocycles. The summed E-state index contributed by atoms with van der Waals surface area (Å²) in [5, 5.41) is 0. The van der Waals surface area contributed by atoms with Crippen molar-refractivity contribution < 1.29 is 23.9 Å². The minimum Gasteiger partial charge on any atom is -0.447 e. The van der Waals surface area contributed by atoms with Crippen LogP contribution in [0.15, 0.2) is 11.8 Å². The number of hydrogen-bond donors (Lipinski definition) is 0. The Balaban J connectivity index is 1.77. The second kappa shape index (κ2) is 6.37. The van der Waals surface area contributed by atoms with Crippen LogP contribution >= 0.6 is 0 Å². The molecule has 0 saturated carbocycles. The summed E-state index contributed by atoms with van der Waals surface area (Å²) in [5.41, 5.74) is -0.235. The summed E-state index contributed by atoms with van der Waals surface area (Å²) in [6.07, 6.45) is 6.34. The van der Waals surface area contributed by atoms with Gasteiger partial charge in [0.1, 0.15) is 0 Å². The first-order chi connectivity index (χ1) is 12.4. The molecule has 4 rings (SSSR count). The molecule has 3 fully saturated rings. The normalized spacial score (nSPS) is 36.5. The second-order valence-corrected chi connectivity index (χ2v) is 7.84. The molecule has 4 heterocycles. The van der Waals surface area contributed by atoms with Gasteiger partial charge in [0, 0.05) is 44.8 Å². The lowest BCUT2D eigenvalue weighted by Crippen LogP contribution is -2.73. The molecule has 7 heteroatoms.